The minimum Gasteiger partial charge on any atom is -0.392 e. The molecule has 1 aliphatic carbocycles. The summed E-state index contributed by atoms with van der Waals surface area (Å²) in [6, 6.07) is 6.63. The number of carbonyl (C=O) groups is 3. The first kappa shape index (κ1) is 23.5. The molecule has 1 saturated carbocycles. The highest BCUT2D eigenvalue weighted by molar-refractivity contribution is 5.91. The van der Waals surface area contributed by atoms with Crippen molar-refractivity contribution in [1.29, 1.82) is 0 Å². The molecule has 2 rings (SSSR count). The van der Waals surface area contributed by atoms with E-state index in [0.717, 1.165) is 36.8 Å². The van der Waals surface area contributed by atoms with Gasteiger partial charge in [-0.3, -0.25) is 14.6 Å². The Morgan fingerprint density at radius 3 is 2.50 bits per heavy atom. The third-order valence-corrected chi connectivity index (χ3v) is 5.47. The van der Waals surface area contributed by atoms with Crippen LogP contribution in [0.15, 0.2) is 29.3 Å². The lowest BCUT2D eigenvalue weighted by atomic mass is 9.83. The largest absolute Gasteiger partial charge is 0.392 e. The highest BCUT2D eigenvalue weighted by Crippen LogP contribution is 2.25. The van der Waals surface area contributed by atoms with E-state index in [1.54, 1.807) is 6.92 Å². The van der Waals surface area contributed by atoms with Crippen molar-refractivity contribution in [2.75, 3.05) is 6.54 Å². The zero-order chi connectivity index (χ0) is 22.1. The zero-order valence-corrected chi connectivity index (χ0v) is 17.5. The van der Waals surface area contributed by atoms with Crippen LogP contribution in [0.2, 0.25) is 0 Å². The summed E-state index contributed by atoms with van der Waals surface area (Å²) in [5.41, 5.74) is 18.0. The highest BCUT2D eigenvalue weighted by atomic mass is 16.6. The lowest BCUT2D eigenvalue weighted by Gasteiger charge is -2.20. The summed E-state index contributed by atoms with van der Waals surface area (Å²) < 4.78 is 4.94. The monoisotopic (exact) mass is 416 g/mol. The first-order valence-corrected chi connectivity index (χ1v) is 10.5. The minimum atomic E-state index is -0.911. The van der Waals surface area contributed by atoms with Gasteiger partial charge >= 0.3 is 11.9 Å². The minimum absolute atomic E-state index is 0.0218. The molecule has 2 unspecified atom stereocenters. The summed E-state index contributed by atoms with van der Waals surface area (Å²) in [6.45, 7) is 2.03. The maximum absolute atomic E-state index is 12.3. The predicted octanol–water partition coefficient (Wildman–Crippen LogP) is 1.54. The van der Waals surface area contributed by atoms with Crippen LogP contribution >= 0.6 is 0 Å². The number of hydrogen-bond acceptors (Lipinski definition) is 6. The standard InChI is InChI=1S/C22H32N4O4/c1-14(20(28)30-21(29)18(23)6-4-12-26-22(24)25)16-10-8-15(9-11-16)13-17-5-2-3-7-19(17)27/h8-11,14,17-18H,2-7,12-13,23H2,1H3,(H4,24,25,26)/t14?,17?,18-/m0/s1. The van der Waals surface area contributed by atoms with Crippen molar-refractivity contribution in [2.24, 2.45) is 28.1 Å². The number of guanidine groups is 1. The van der Waals surface area contributed by atoms with Crippen molar-refractivity contribution in [3.63, 3.8) is 0 Å². The van der Waals surface area contributed by atoms with E-state index < -0.39 is 23.9 Å². The number of ketones is 1. The predicted molar refractivity (Wildman–Crippen MR) is 115 cm³/mol. The number of esters is 2. The number of nitrogens with zero attached hydrogens (tertiary/aromatic N) is 1. The normalized spacial score (nSPS) is 18.3. The van der Waals surface area contributed by atoms with Gasteiger partial charge in [0, 0.05) is 18.9 Å². The number of aliphatic imine (C=N–C) groups is 1. The number of hydrogen-bond donors (Lipinski definition) is 3. The molecule has 8 nitrogen and oxygen atoms in total. The summed E-state index contributed by atoms with van der Waals surface area (Å²) in [5.74, 6) is -1.59. The van der Waals surface area contributed by atoms with Gasteiger partial charge in [0.05, 0.1) is 5.92 Å². The van der Waals surface area contributed by atoms with Crippen LogP contribution in [0, 0.1) is 5.92 Å². The number of Topliss-reactive ketones (excluding diaryl/α,β-unsaturated/α-hetero) is 1. The fraction of sp³-hybridized carbons (Fsp3) is 0.545. The first-order chi connectivity index (χ1) is 14.3. The van der Waals surface area contributed by atoms with E-state index in [4.69, 9.17) is 21.9 Å². The third-order valence-electron chi connectivity index (χ3n) is 5.47. The van der Waals surface area contributed by atoms with Crippen molar-refractivity contribution in [3.05, 3.63) is 35.4 Å². The zero-order valence-electron chi connectivity index (χ0n) is 17.5. The van der Waals surface area contributed by atoms with Gasteiger partial charge in [-0.2, -0.15) is 0 Å². The molecule has 8 heteroatoms. The van der Waals surface area contributed by atoms with Crippen molar-refractivity contribution in [1.82, 2.24) is 0 Å². The third kappa shape index (κ3) is 7.26. The Balaban J connectivity index is 1.84. The molecule has 0 aromatic heterocycles. The summed E-state index contributed by atoms with van der Waals surface area (Å²) in [6.07, 6.45) is 5.25. The van der Waals surface area contributed by atoms with Crippen LogP contribution < -0.4 is 17.2 Å². The topological polar surface area (TPSA) is 151 Å². The quantitative estimate of drug-likeness (QED) is 0.182. The number of nitrogens with two attached hydrogens (primary N) is 3. The molecule has 164 valence electrons. The number of carbonyl (C=O) groups excluding carboxylic acids is 3. The Morgan fingerprint density at radius 2 is 1.87 bits per heavy atom. The molecule has 30 heavy (non-hydrogen) atoms. The van der Waals surface area contributed by atoms with E-state index in [0.29, 0.717) is 31.6 Å². The fourth-order valence-corrected chi connectivity index (χ4v) is 3.53. The summed E-state index contributed by atoms with van der Waals surface area (Å²) in [4.78, 5) is 40.2. The maximum atomic E-state index is 12.3. The van der Waals surface area contributed by atoms with Crippen molar-refractivity contribution in [3.8, 4) is 0 Å². The Morgan fingerprint density at radius 1 is 1.17 bits per heavy atom. The van der Waals surface area contributed by atoms with Gasteiger partial charge in [-0.25, -0.2) is 4.79 Å². The summed E-state index contributed by atoms with van der Waals surface area (Å²) in [7, 11) is 0. The summed E-state index contributed by atoms with van der Waals surface area (Å²) in [5, 5.41) is 0. The molecule has 1 aromatic carbocycles. The number of rotatable bonds is 9. The maximum Gasteiger partial charge on any atom is 0.330 e. The lowest BCUT2D eigenvalue weighted by molar-refractivity contribution is -0.161. The molecule has 0 saturated heterocycles. The van der Waals surface area contributed by atoms with Crippen LogP contribution in [0.3, 0.4) is 0 Å². The van der Waals surface area contributed by atoms with Crippen molar-refractivity contribution < 1.29 is 19.1 Å². The van der Waals surface area contributed by atoms with Crippen LogP contribution in [-0.2, 0) is 25.5 Å². The van der Waals surface area contributed by atoms with Crippen molar-refractivity contribution >= 4 is 23.7 Å². The molecule has 0 radical (unpaired) electrons. The van der Waals surface area contributed by atoms with Crippen LogP contribution in [0.25, 0.3) is 0 Å². The van der Waals surface area contributed by atoms with Crippen LogP contribution in [-0.4, -0.2) is 36.3 Å². The molecular weight excluding hydrogens is 384 g/mol. The van der Waals surface area contributed by atoms with Gasteiger partial charge in [0.1, 0.15) is 11.8 Å². The molecule has 0 aliphatic heterocycles. The Hall–Kier alpha value is -2.74. The molecule has 0 amide bonds. The molecule has 0 heterocycles. The second kappa shape index (κ2) is 11.4. The molecular formula is C22H32N4O4. The van der Waals surface area contributed by atoms with Crippen molar-refractivity contribution in [2.45, 2.75) is 63.8 Å². The van der Waals surface area contributed by atoms with E-state index in [-0.39, 0.29) is 11.9 Å². The van der Waals surface area contributed by atoms with Gasteiger partial charge in [0.2, 0.25) is 0 Å². The van der Waals surface area contributed by atoms with Gasteiger partial charge in [-0.05, 0) is 50.2 Å². The van der Waals surface area contributed by atoms with Gasteiger partial charge in [-0.15, -0.1) is 0 Å². The van der Waals surface area contributed by atoms with E-state index in [1.807, 2.05) is 24.3 Å². The van der Waals surface area contributed by atoms with Crippen LogP contribution in [0.1, 0.15) is 62.5 Å². The van der Waals surface area contributed by atoms with Gasteiger partial charge in [-0.1, -0.05) is 30.7 Å². The van der Waals surface area contributed by atoms with Gasteiger partial charge in [0.25, 0.3) is 0 Å². The number of ether oxygens (including phenoxy) is 1. The number of benzene rings is 1. The molecule has 6 N–H and O–H groups in total. The highest BCUT2D eigenvalue weighted by Gasteiger charge is 2.25. The average Bonchev–Trinajstić information content (AvgIpc) is 2.72. The van der Waals surface area contributed by atoms with E-state index in [9.17, 15) is 14.4 Å². The molecule has 0 bridgehead atoms. The Labute approximate surface area is 177 Å². The van der Waals surface area contributed by atoms with E-state index >= 15 is 0 Å². The van der Waals surface area contributed by atoms with Crippen LogP contribution in [0.4, 0.5) is 0 Å². The molecule has 3 atom stereocenters. The molecule has 1 aromatic rings. The fourth-order valence-electron chi connectivity index (χ4n) is 3.53. The van der Waals surface area contributed by atoms with E-state index in [1.165, 1.54) is 0 Å². The average molecular weight is 417 g/mol. The molecule has 0 spiro atoms. The second-order valence-corrected chi connectivity index (χ2v) is 7.87. The SMILES string of the molecule is CC(C(=O)OC(=O)[C@@H](N)CCCN=C(N)N)c1ccc(CC2CCCCC2=O)cc1. The Bertz CT molecular complexity index is 772. The van der Waals surface area contributed by atoms with Gasteiger partial charge < -0.3 is 21.9 Å². The first-order valence-electron chi connectivity index (χ1n) is 10.5. The lowest BCUT2D eigenvalue weighted by Crippen LogP contribution is -2.35. The molecule has 1 aliphatic rings. The molecule has 1 fully saturated rings. The Kier molecular flexibility index (Phi) is 8.98. The summed E-state index contributed by atoms with van der Waals surface area (Å²) >= 11 is 0. The smallest absolute Gasteiger partial charge is 0.330 e. The van der Waals surface area contributed by atoms with Gasteiger partial charge in [0.15, 0.2) is 5.96 Å². The second-order valence-electron chi connectivity index (χ2n) is 7.87. The van der Waals surface area contributed by atoms with Crippen LogP contribution in [0.5, 0.6) is 0 Å². The van der Waals surface area contributed by atoms with E-state index in [2.05, 4.69) is 4.99 Å².